The molecule has 1 fully saturated rings. The summed E-state index contributed by atoms with van der Waals surface area (Å²) in [5.74, 6) is 2.69. The fourth-order valence-electron chi connectivity index (χ4n) is 2.62. The van der Waals surface area contributed by atoms with Gasteiger partial charge < -0.3 is 11.1 Å². The minimum absolute atomic E-state index is 0.0966. The van der Waals surface area contributed by atoms with Crippen LogP contribution in [-0.4, -0.2) is 27.9 Å². The number of fused-ring (bicyclic) bond motifs is 1. The molecule has 1 saturated heterocycles. The summed E-state index contributed by atoms with van der Waals surface area (Å²) in [4.78, 5) is 0. The van der Waals surface area contributed by atoms with Crippen molar-refractivity contribution in [2.45, 2.75) is 37.8 Å². The van der Waals surface area contributed by atoms with Crippen LogP contribution in [0.3, 0.4) is 0 Å². The van der Waals surface area contributed by atoms with Crippen LogP contribution in [0.4, 0.5) is 0 Å². The summed E-state index contributed by atoms with van der Waals surface area (Å²) < 4.78 is 2.17. The van der Waals surface area contributed by atoms with E-state index in [4.69, 9.17) is 5.73 Å². The lowest BCUT2D eigenvalue weighted by atomic mass is 10.1. The summed E-state index contributed by atoms with van der Waals surface area (Å²) in [5.41, 5.74) is 6.12. The Morgan fingerprint density at radius 1 is 1.33 bits per heavy atom. The van der Waals surface area contributed by atoms with Gasteiger partial charge in [0.2, 0.25) is 0 Å². The molecule has 2 atom stereocenters. The van der Waals surface area contributed by atoms with E-state index in [0.717, 1.165) is 50.4 Å². The van der Waals surface area contributed by atoms with Gasteiger partial charge in [0.1, 0.15) is 11.6 Å². The van der Waals surface area contributed by atoms with Crippen molar-refractivity contribution in [3.63, 3.8) is 0 Å². The summed E-state index contributed by atoms with van der Waals surface area (Å²) in [6.45, 7) is 2.10. The van der Waals surface area contributed by atoms with Crippen LogP contribution in [0.1, 0.15) is 43.0 Å². The Balaban J connectivity index is 1.97. The standard InChI is InChI=1S/C10H17N5/c11-8-2-1-3-9-13-14-10(15(8)9)7-4-5-12-6-7/h7-8,12H,1-6,11H2. The largest absolute Gasteiger partial charge is 0.316 e. The minimum Gasteiger partial charge on any atom is -0.316 e. The van der Waals surface area contributed by atoms with Gasteiger partial charge in [0.25, 0.3) is 0 Å². The van der Waals surface area contributed by atoms with Gasteiger partial charge in [0.15, 0.2) is 0 Å². The molecular weight excluding hydrogens is 190 g/mol. The monoisotopic (exact) mass is 207 g/mol. The van der Waals surface area contributed by atoms with E-state index in [1.165, 1.54) is 0 Å². The maximum absolute atomic E-state index is 6.12. The van der Waals surface area contributed by atoms with E-state index in [2.05, 4.69) is 20.1 Å². The smallest absolute Gasteiger partial charge is 0.138 e. The first-order chi connectivity index (χ1) is 7.36. The molecule has 1 aromatic rings. The summed E-state index contributed by atoms with van der Waals surface area (Å²) in [6.07, 6.45) is 4.48. The normalized spacial score (nSPS) is 30.5. The van der Waals surface area contributed by atoms with E-state index in [-0.39, 0.29) is 6.17 Å². The molecule has 5 heteroatoms. The van der Waals surface area contributed by atoms with Crippen LogP contribution in [0, 0.1) is 0 Å². The molecule has 2 unspecified atom stereocenters. The second-order valence-corrected chi connectivity index (χ2v) is 4.49. The second kappa shape index (κ2) is 3.57. The Kier molecular flexibility index (Phi) is 2.21. The zero-order valence-electron chi connectivity index (χ0n) is 8.82. The van der Waals surface area contributed by atoms with Crippen molar-refractivity contribution >= 4 is 0 Å². The fraction of sp³-hybridized carbons (Fsp3) is 0.800. The third-order valence-corrected chi connectivity index (χ3v) is 3.45. The molecule has 0 spiro atoms. The van der Waals surface area contributed by atoms with Gasteiger partial charge in [-0.2, -0.15) is 0 Å². The molecule has 0 aromatic carbocycles. The van der Waals surface area contributed by atoms with Gasteiger partial charge >= 0.3 is 0 Å². The highest BCUT2D eigenvalue weighted by Gasteiger charge is 2.28. The highest BCUT2D eigenvalue weighted by Crippen LogP contribution is 2.27. The van der Waals surface area contributed by atoms with E-state index < -0.39 is 0 Å². The topological polar surface area (TPSA) is 68.8 Å². The number of hydrogen-bond donors (Lipinski definition) is 2. The fourth-order valence-corrected chi connectivity index (χ4v) is 2.62. The van der Waals surface area contributed by atoms with E-state index in [1.807, 2.05) is 0 Å². The van der Waals surface area contributed by atoms with Crippen LogP contribution in [0.5, 0.6) is 0 Å². The molecule has 0 aliphatic carbocycles. The second-order valence-electron chi connectivity index (χ2n) is 4.49. The zero-order chi connectivity index (χ0) is 10.3. The maximum Gasteiger partial charge on any atom is 0.138 e. The molecule has 1 aromatic heterocycles. The first-order valence-electron chi connectivity index (χ1n) is 5.76. The Bertz CT molecular complexity index is 353. The van der Waals surface area contributed by atoms with E-state index in [0.29, 0.717) is 5.92 Å². The van der Waals surface area contributed by atoms with Crippen LogP contribution in [0.2, 0.25) is 0 Å². The van der Waals surface area contributed by atoms with Gasteiger partial charge in [0.05, 0.1) is 6.17 Å². The van der Waals surface area contributed by atoms with Crippen LogP contribution in [-0.2, 0) is 6.42 Å². The summed E-state index contributed by atoms with van der Waals surface area (Å²) in [5, 5.41) is 11.9. The molecule has 15 heavy (non-hydrogen) atoms. The Morgan fingerprint density at radius 2 is 2.27 bits per heavy atom. The molecule has 82 valence electrons. The Labute approximate surface area is 89.1 Å². The lowest BCUT2D eigenvalue weighted by Crippen LogP contribution is -2.27. The lowest BCUT2D eigenvalue weighted by molar-refractivity contribution is 0.390. The first-order valence-corrected chi connectivity index (χ1v) is 5.76. The lowest BCUT2D eigenvalue weighted by Gasteiger charge is -2.23. The van der Waals surface area contributed by atoms with Crippen LogP contribution >= 0.6 is 0 Å². The average molecular weight is 207 g/mol. The van der Waals surface area contributed by atoms with Gasteiger partial charge in [-0.05, 0) is 25.8 Å². The number of aryl methyl sites for hydroxylation is 1. The van der Waals surface area contributed by atoms with Gasteiger partial charge in [-0.1, -0.05) is 0 Å². The molecule has 3 heterocycles. The number of rotatable bonds is 1. The van der Waals surface area contributed by atoms with Gasteiger partial charge in [0, 0.05) is 18.9 Å². The molecule has 0 saturated carbocycles. The molecule has 2 aliphatic heterocycles. The predicted molar refractivity (Wildman–Crippen MR) is 56.4 cm³/mol. The van der Waals surface area contributed by atoms with Crippen LogP contribution < -0.4 is 11.1 Å². The maximum atomic E-state index is 6.12. The number of nitrogens with two attached hydrogens (primary N) is 1. The van der Waals surface area contributed by atoms with Gasteiger partial charge in [-0.3, -0.25) is 4.57 Å². The number of aromatic nitrogens is 3. The van der Waals surface area contributed by atoms with Gasteiger partial charge in [-0.25, -0.2) is 0 Å². The van der Waals surface area contributed by atoms with E-state index in [1.54, 1.807) is 0 Å². The average Bonchev–Trinajstić information content (AvgIpc) is 2.85. The third kappa shape index (κ3) is 1.46. The molecule has 0 amide bonds. The number of nitrogens with one attached hydrogen (secondary N) is 1. The highest BCUT2D eigenvalue weighted by molar-refractivity contribution is 5.08. The Hall–Kier alpha value is -0.940. The van der Waals surface area contributed by atoms with Crippen molar-refractivity contribution in [1.29, 1.82) is 0 Å². The predicted octanol–water partition coefficient (Wildman–Crippen LogP) is 0.149. The minimum atomic E-state index is 0.0966. The van der Waals surface area contributed by atoms with Crippen molar-refractivity contribution in [2.75, 3.05) is 13.1 Å². The van der Waals surface area contributed by atoms with Crippen LogP contribution in [0.25, 0.3) is 0 Å². The van der Waals surface area contributed by atoms with Crippen molar-refractivity contribution in [2.24, 2.45) is 5.73 Å². The summed E-state index contributed by atoms with van der Waals surface area (Å²) >= 11 is 0. The number of hydrogen-bond acceptors (Lipinski definition) is 4. The molecule has 5 nitrogen and oxygen atoms in total. The number of nitrogens with zero attached hydrogens (tertiary/aromatic N) is 3. The van der Waals surface area contributed by atoms with Crippen molar-refractivity contribution in [3.05, 3.63) is 11.6 Å². The molecule has 3 rings (SSSR count). The molecule has 2 aliphatic rings. The highest BCUT2D eigenvalue weighted by atomic mass is 15.3. The first kappa shape index (κ1) is 9.30. The summed E-state index contributed by atoms with van der Waals surface area (Å²) in [7, 11) is 0. The quantitative estimate of drug-likeness (QED) is 0.687. The zero-order valence-corrected chi connectivity index (χ0v) is 8.82. The van der Waals surface area contributed by atoms with Crippen LogP contribution in [0.15, 0.2) is 0 Å². The van der Waals surface area contributed by atoms with Crippen molar-refractivity contribution < 1.29 is 0 Å². The molecule has 3 N–H and O–H groups in total. The van der Waals surface area contributed by atoms with E-state index >= 15 is 0 Å². The third-order valence-electron chi connectivity index (χ3n) is 3.45. The molecule has 0 bridgehead atoms. The molecular formula is C10H17N5. The van der Waals surface area contributed by atoms with Crippen molar-refractivity contribution in [1.82, 2.24) is 20.1 Å². The van der Waals surface area contributed by atoms with Crippen molar-refractivity contribution in [3.8, 4) is 0 Å². The summed E-state index contributed by atoms with van der Waals surface area (Å²) in [6, 6.07) is 0. The molecule has 0 radical (unpaired) electrons. The van der Waals surface area contributed by atoms with E-state index in [9.17, 15) is 0 Å². The SMILES string of the molecule is NC1CCCc2nnc(C3CCNC3)n21. The Morgan fingerprint density at radius 3 is 3.07 bits per heavy atom. The van der Waals surface area contributed by atoms with Gasteiger partial charge in [-0.15, -0.1) is 10.2 Å².